The third-order valence-electron chi connectivity index (χ3n) is 2.06. The van der Waals surface area contributed by atoms with E-state index in [1.165, 1.54) is 7.11 Å². The average molecular weight is 230 g/mol. The van der Waals surface area contributed by atoms with E-state index in [1.807, 2.05) is 32.0 Å². The molecule has 1 aromatic carbocycles. The monoisotopic (exact) mass is 229 g/mol. The van der Waals surface area contributed by atoms with Crippen LogP contribution in [0.4, 0.5) is 0 Å². The molecule has 0 aromatic heterocycles. The highest BCUT2D eigenvalue weighted by atomic mass is 35.5. The molecule has 4 heteroatoms. The Balaban J connectivity index is 0.00000196. The van der Waals surface area contributed by atoms with Crippen LogP contribution in [-0.2, 0) is 9.53 Å². The van der Waals surface area contributed by atoms with Crippen molar-refractivity contribution >= 4 is 18.4 Å². The summed E-state index contributed by atoms with van der Waals surface area (Å²) in [6.45, 7) is 3.95. The maximum absolute atomic E-state index is 11.2. The summed E-state index contributed by atoms with van der Waals surface area (Å²) in [5.74, 6) is -0.407. The maximum atomic E-state index is 11.2. The molecule has 3 nitrogen and oxygen atoms in total. The maximum Gasteiger partial charge on any atom is 0.327 e. The average Bonchev–Trinajstić information content (AvgIpc) is 2.14. The van der Waals surface area contributed by atoms with E-state index >= 15 is 0 Å². The Kier molecular flexibility index (Phi) is 5.33. The first-order valence-corrected chi connectivity index (χ1v) is 4.46. The van der Waals surface area contributed by atoms with E-state index in [0.29, 0.717) is 0 Å². The number of benzene rings is 1. The van der Waals surface area contributed by atoms with Crippen molar-refractivity contribution in [1.82, 2.24) is 0 Å². The van der Waals surface area contributed by atoms with Crippen LogP contribution in [0.2, 0.25) is 0 Å². The molecule has 1 atom stereocenters. The Bertz CT molecular complexity index is 332. The lowest BCUT2D eigenvalue weighted by Gasteiger charge is -2.11. The van der Waals surface area contributed by atoms with Gasteiger partial charge < -0.3 is 10.5 Å². The Morgan fingerprint density at radius 1 is 1.27 bits per heavy atom. The fourth-order valence-electron chi connectivity index (χ4n) is 1.45. The second kappa shape index (κ2) is 5.73. The number of carbonyl (C=O) groups is 1. The number of esters is 1. The first-order chi connectivity index (χ1) is 6.54. The molecular formula is C11H16ClNO2. The minimum atomic E-state index is -0.682. The van der Waals surface area contributed by atoms with E-state index in [-0.39, 0.29) is 12.4 Å². The molecule has 0 spiro atoms. The topological polar surface area (TPSA) is 52.3 Å². The molecule has 0 aliphatic carbocycles. The van der Waals surface area contributed by atoms with Crippen molar-refractivity contribution in [3.63, 3.8) is 0 Å². The second-order valence-electron chi connectivity index (χ2n) is 3.42. The summed E-state index contributed by atoms with van der Waals surface area (Å²) >= 11 is 0. The molecule has 0 heterocycles. The van der Waals surface area contributed by atoms with E-state index in [2.05, 4.69) is 4.74 Å². The highest BCUT2D eigenvalue weighted by molar-refractivity contribution is 5.85. The summed E-state index contributed by atoms with van der Waals surface area (Å²) in [6.07, 6.45) is 0. The molecule has 15 heavy (non-hydrogen) atoms. The van der Waals surface area contributed by atoms with E-state index in [1.54, 1.807) is 0 Å². The summed E-state index contributed by atoms with van der Waals surface area (Å²) in [4.78, 5) is 11.2. The molecule has 0 saturated heterocycles. The number of methoxy groups -OCH3 is 1. The van der Waals surface area contributed by atoms with Gasteiger partial charge in [0.05, 0.1) is 7.11 Å². The number of halogens is 1. The number of hydrogen-bond donors (Lipinski definition) is 1. The van der Waals surface area contributed by atoms with Gasteiger partial charge in [-0.3, -0.25) is 4.79 Å². The quantitative estimate of drug-likeness (QED) is 0.789. The fraction of sp³-hybridized carbons (Fsp3) is 0.364. The predicted octanol–water partition coefficient (Wildman–Crippen LogP) is 1.90. The van der Waals surface area contributed by atoms with Gasteiger partial charge in [0.1, 0.15) is 6.04 Å². The summed E-state index contributed by atoms with van der Waals surface area (Å²) in [5, 5.41) is 0. The first-order valence-electron chi connectivity index (χ1n) is 4.46. The van der Waals surface area contributed by atoms with Gasteiger partial charge in [0, 0.05) is 0 Å². The molecule has 0 aliphatic heterocycles. The molecule has 0 radical (unpaired) electrons. The molecule has 0 saturated carbocycles. The third kappa shape index (κ3) is 3.53. The molecule has 1 aromatic rings. The number of nitrogens with two attached hydrogens (primary N) is 1. The molecule has 0 bridgehead atoms. The molecule has 0 amide bonds. The minimum absolute atomic E-state index is 0. The van der Waals surface area contributed by atoms with E-state index in [4.69, 9.17) is 5.73 Å². The molecule has 0 unspecified atom stereocenters. The van der Waals surface area contributed by atoms with Gasteiger partial charge in [-0.05, 0) is 19.4 Å². The highest BCUT2D eigenvalue weighted by Gasteiger charge is 2.16. The lowest BCUT2D eigenvalue weighted by Crippen LogP contribution is -2.22. The second-order valence-corrected chi connectivity index (χ2v) is 3.42. The van der Waals surface area contributed by atoms with Crippen molar-refractivity contribution < 1.29 is 9.53 Å². The molecule has 84 valence electrons. The minimum Gasteiger partial charge on any atom is -0.468 e. The Hall–Kier alpha value is -1.06. The van der Waals surface area contributed by atoms with Crippen LogP contribution in [0, 0.1) is 13.8 Å². The van der Waals surface area contributed by atoms with Crippen LogP contribution in [0.3, 0.4) is 0 Å². The molecule has 0 fully saturated rings. The van der Waals surface area contributed by atoms with Crippen molar-refractivity contribution in [3.8, 4) is 0 Å². The zero-order chi connectivity index (χ0) is 10.7. The lowest BCUT2D eigenvalue weighted by atomic mass is 10.0. The summed E-state index contributed by atoms with van der Waals surface area (Å²) in [7, 11) is 1.34. The van der Waals surface area contributed by atoms with Gasteiger partial charge in [0.2, 0.25) is 0 Å². The van der Waals surface area contributed by atoms with Gasteiger partial charge in [0.15, 0.2) is 0 Å². The van der Waals surface area contributed by atoms with Crippen molar-refractivity contribution in [1.29, 1.82) is 0 Å². The SMILES string of the molecule is COC(=O)[C@@H](N)c1cc(C)cc(C)c1.Cl. The molecule has 1 rings (SSSR count). The third-order valence-corrected chi connectivity index (χ3v) is 2.06. The molecule has 2 N–H and O–H groups in total. The summed E-state index contributed by atoms with van der Waals surface area (Å²) in [5.41, 5.74) is 8.71. The Morgan fingerprint density at radius 3 is 2.13 bits per heavy atom. The number of rotatable bonds is 2. The van der Waals surface area contributed by atoms with E-state index in [0.717, 1.165) is 16.7 Å². The number of aryl methyl sites for hydroxylation is 2. The Morgan fingerprint density at radius 2 is 1.73 bits per heavy atom. The predicted molar refractivity (Wildman–Crippen MR) is 62.1 cm³/mol. The van der Waals surface area contributed by atoms with Gasteiger partial charge >= 0.3 is 5.97 Å². The number of hydrogen-bond acceptors (Lipinski definition) is 3. The summed E-state index contributed by atoms with van der Waals surface area (Å²) < 4.78 is 4.58. The van der Waals surface area contributed by atoms with Gasteiger partial charge in [0.25, 0.3) is 0 Å². The number of carbonyl (C=O) groups excluding carboxylic acids is 1. The van der Waals surface area contributed by atoms with Crippen molar-refractivity contribution in [2.75, 3.05) is 7.11 Å². The van der Waals surface area contributed by atoms with Crippen LogP contribution in [0.1, 0.15) is 22.7 Å². The van der Waals surface area contributed by atoms with Gasteiger partial charge in [-0.25, -0.2) is 0 Å². The highest BCUT2D eigenvalue weighted by Crippen LogP contribution is 2.15. The zero-order valence-corrected chi connectivity index (χ0v) is 9.93. The number of ether oxygens (including phenoxy) is 1. The van der Waals surface area contributed by atoms with Crippen LogP contribution < -0.4 is 5.73 Å². The zero-order valence-electron chi connectivity index (χ0n) is 9.11. The fourth-order valence-corrected chi connectivity index (χ4v) is 1.45. The smallest absolute Gasteiger partial charge is 0.327 e. The molecule has 0 aliphatic rings. The van der Waals surface area contributed by atoms with Crippen LogP contribution in [0.5, 0.6) is 0 Å². The van der Waals surface area contributed by atoms with Crippen molar-refractivity contribution in [3.05, 3.63) is 34.9 Å². The normalized spacial score (nSPS) is 11.5. The van der Waals surface area contributed by atoms with Gasteiger partial charge in [-0.2, -0.15) is 0 Å². The van der Waals surface area contributed by atoms with Crippen LogP contribution >= 0.6 is 12.4 Å². The van der Waals surface area contributed by atoms with E-state index in [9.17, 15) is 4.79 Å². The summed E-state index contributed by atoms with van der Waals surface area (Å²) in [6, 6.07) is 5.15. The van der Waals surface area contributed by atoms with Gasteiger partial charge in [-0.15, -0.1) is 12.4 Å². The van der Waals surface area contributed by atoms with Crippen LogP contribution in [0.25, 0.3) is 0 Å². The van der Waals surface area contributed by atoms with Gasteiger partial charge in [-0.1, -0.05) is 29.3 Å². The standard InChI is InChI=1S/C11H15NO2.ClH/c1-7-4-8(2)6-9(5-7)10(12)11(13)14-3;/h4-6,10H,12H2,1-3H3;1H/t10-;/m0./s1. The molecular weight excluding hydrogens is 214 g/mol. The van der Waals surface area contributed by atoms with Crippen LogP contribution in [0.15, 0.2) is 18.2 Å². The van der Waals surface area contributed by atoms with Crippen molar-refractivity contribution in [2.24, 2.45) is 5.73 Å². The largest absolute Gasteiger partial charge is 0.468 e. The van der Waals surface area contributed by atoms with Crippen LogP contribution in [-0.4, -0.2) is 13.1 Å². The first kappa shape index (κ1) is 13.9. The Labute approximate surface area is 96.0 Å². The van der Waals surface area contributed by atoms with E-state index < -0.39 is 12.0 Å². The lowest BCUT2D eigenvalue weighted by molar-refractivity contribution is -0.142. The van der Waals surface area contributed by atoms with Crippen molar-refractivity contribution in [2.45, 2.75) is 19.9 Å².